The number of amides is 1. The lowest BCUT2D eigenvalue weighted by molar-refractivity contribution is -0.128. The molecule has 4 nitrogen and oxygen atoms in total. The molecule has 0 unspecified atom stereocenters. The number of aliphatic hydroxyl groups is 1. The first-order valence-electron chi connectivity index (χ1n) is 7.99. The van der Waals surface area contributed by atoms with Crippen molar-refractivity contribution in [3.8, 4) is 0 Å². The van der Waals surface area contributed by atoms with Crippen LogP contribution in [0, 0.1) is 0 Å². The van der Waals surface area contributed by atoms with Crippen LogP contribution in [0.4, 0.5) is 0 Å². The van der Waals surface area contributed by atoms with E-state index in [9.17, 15) is 4.79 Å². The summed E-state index contributed by atoms with van der Waals surface area (Å²) in [6.07, 6.45) is 6.98. The molecule has 1 rings (SSSR count). The normalized spacial score (nSPS) is 16.3. The van der Waals surface area contributed by atoms with Crippen molar-refractivity contribution in [3.05, 3.63) is 0 Å². The number of hydrogen-bond donors (Lipinski definition) is 2. The second kappa shape index (κ2) is 11.4. The van der Waals surface area contributed by atoms with E-state index in [0.717, 1.165) is 38.9 Å². The lowest BCUT2D eigenvalue weighted by Gasteiger charge is -2.25. The molecular formula is C15H30N2O2S. The molecule has 0 aromatic heterocycles. The highest BCUT2D eigenvalue weighted by molar-refractivity contribution is 8.00. The summed E-state index contributed by atoms with van der Waals surface area (Å²) in [4.78, 5) is 14.1. The van der Waals surface area contributed by atoms with E-state index in [1.807, 2.05) is 4.90 Å². The number of thioether (sulfide) groups is 1. The molecule has 0 spiro atoms. The third-order valence-electron chi connectivity index (χ3n) is 3.73. The fourth-order valence-electron chi connectivity index (χ4n) is 2.45. The Bertz CT molecular complexity index is 258. The topological polar surface area (TPSA) is 52.6 Å². The second-order valence-corrected chi connectivity index (χ2v) is 6.71. The molecule has 1 heterocycles. The highest BCUT2D eigenvalue weighted by Gasteiger charge is 2.18. The minimum absolute atomic E-state index is 0.0670. The maximum absolute atomic E-state index is 12.2. The van der Waals surface area contributed by atoms with Crippen LogP contribution in [0.3, 0.4) is 0 Å². The van der Waals surface area contributed by atoms with Gasteiger partial charge in [-0.05, 0) is 32.4 Å². The SMILES string of the molecule is CCCCCCN(CCO)C(=O)CSC1CCNCC1. The van der Waals surface area contributed by atoms with Gasteiger partial charge < -0.3 is 15.3 Å². The zero-order valence-electron chi connectivity index (χ0n) is 12.8. The van der Waals surface area contributed by atoms with Crippen LogP contribution in [0.5, 0.6) is 0 Å². The monoisotopic (exact) mass is 302 g/mol. The lowest BCUT2D eigenvalue weighted by atomic mass is 10.2. The molecule has 1 aliphatic heterocycles. The van der Waals surface area contributed by atoms with Gasteiger partial charge in [0.05, 0.1) is 12.4 Å². The number of nitrogens with one attached hydrogen (secondary N) is 1. The predicted molar refractivity (Wildman–Crippen MR) is 86.2 cm³/mol. The Labute approximate surface area is 127 Å². The molecule has 0 aliphatic carbocycles. The fraction of sp³-hybridized carbons (Fsp3) is 0.933. The summed E-state index contributed by atoms with van der Waals surface area (Å²) >= 11 is 1.79. The van der Waals surface area contributed by atoms with E-state index >= 15 is 0 Å². The van der Waals surface area contributed by atoms with Crippen molar-refractivity contribution < 1.29 is 9.90 Å². The average Bonchev–Trinajstić information content (AvgIpc) is 2.49. The van der Waals surface area contributed by atoms with E-state index in [4.69, 9.17) is 5.11 Å². The van der Waals surface area contributed by atoms with Gasteiger partial charge in [-0.2, -0.15) is 0 Å². The minimum Gasteiger partial charge on any atom is -0.395 e. The van der Waals surface area contributed by atoms with Crippen molar-refractivity contribution in [2.45, 2.75) is 50.7 Å². The molecular weight excluding hydrogens is 272 g/mol. The lowest BCUT2D eigenvalue weighted by Crippen LogP contribution is -2.37. The standard InChI is InChI=1S/C15H30N2O2S/c1-2-3-4-5-10-17(11-12-18)15(19)13-20-14-6-8-16-9-7-14/h14,16,18H,2-13H2,1H3. The summed E-state index contributed by atoms with van der Waals surface area (Å²) in [7, 11) is 0. The molecule has 0 atom stereocenters. The number of carbonyl (C=O) groups excluding carboxylic acids is 1. The van der Waals surface area contributed by atoms with Gasteiger partial charge in [0.1, 0.15) is 0 Å². The molecule has 1 saturated heterocycles. The Hall–Kier alpha value is -0.260. The molecule has 0 bridgehead atoms. The number of nitrogens with zero attached hydrogens (tertiary/aromatic N) is 1. The average molecular weight is 302 g/mol. The predicted octanol–water partition coefficient (Wildman–Crippen LogP) is 1.87. The van der Waals surface area contributed by atoms with Gasteiger partial charge in [0.15, 0.2) is 0 Å². The van der Waals surface area contributed by atoms with Crippen LogP contribution in [0.2, 0.25) is 0 Å². The van der Waals surface area contributed by atoms with Gasteiger partial charge in [-0.3, -0.25) is 4.79 Å². The van der Waals surface area contributed by atoms with Crippen LogP contribution in [0.15, 0.2) is 0 Å². The number of piperidine rings is 1. The number of aliphatic hydroxyl groups excluding tert-OH is 1. The summed E-state index contributed by atoms with van der Waals surface area (Å²) in [5, 5.41) is 13.1. The van der Waals surface area contributed by atoms with Crippen molar-refractivity contribution >= 4 is 17.7 Å². The van der Waals surface area contributed by atoms with Crippen LogP contribution in [-0.2, 0) is 4.79 Å². The highest BCUT2D eigenvalue weighted by Crippen LogP contribution is 2.20. The first kappa shape index (κ1) is 17.8. The first-order valence-corrected chi connectivity index (χ1v) is 9.03. The van der Waals surface area contributed by atoms with Gasteiger partial charge in [0.25, 0.3) is 0 Å². The fourth-order valence-corrected chi connectivity index (χ4v) is 3.58. The van der Waals surface area contributed by atoms with Gasteiger partial charge in [0, 0.05) is 18.3 Å². The van der Waals surface area contributed by atoms with E-state index in [1.165, 1.54) is 19.3 Å². The third kappa shape index (κ3) is 7.50. The molecule has 20 heavy (non-hydrogen) atoms. The summed E-state index contributed by atoms with van der Waals surface area (Å²) in [5.74, 6) is 0.761. The van der Waals surface area contributed by atoms with Crippen LogP contribution in [0.1, 0.15) is 45.4 Å². The number of hydrogen-bond acceptors (Lipinski definition) is 4. The molecule has 0 aromatic carbocycles. The number of unbranched alkanes of at least 4 members (excludes halogenated alkanes) is 3. The second-order valence-electron chi connectivity index (χ2n) is 5.43. The Balaban J connectivity index is 2.23. The van der Waals surface area contributed by atoms with E-state index < -0.39 is 0 Å². The molecule has 0 aromatic rings. The summed E-state index contributed by atoms with van der Waals surface area (Å²) < 4.78 is 0. The van der Waals surface area contributed by atoms with Crippen molar-refractivity contribution in [2.24, 2.45) is 0 Å². The molecule has 1 fully saturated rings. The van der Waals surface area contributed by atoms with Crippen molar-refractivity contribution in [3.63, 3.8) is 0 Å². The highest BCUT2D eigenvalue weighted by atomic mass is 32.2. The molecule has 1 amide bonds. The van der Waals surface area contributed by atoms with Crippen molar-refractivity contribution in [1.29, 1.82) is 0 Å². The number of carbonyl (C=O) groups is 1. The van der Waals surface area contributed by atoms with Gasteiger partial charge in [-0.25, -0.2) is 0 Å². The maximum atomic E-state index is 12.2. The summed E-state index contributed by atoms with van der Waals surface area (Å²) in [6, 6.07) is 0. The molecule has 2 N–H and O–H groups in total. The molecule has 0 radical (unpaired) electrons. The van der Waals surface area contributed by atoms with Crippen molar-refractivity contribution in [1.82, 2.24) is 10.2 Å². The largest absolute Gasteiger partial charge is 0.395 e. The maximum Gasteiger partial charge on any atom is 0.232 e. The van der Waals surface area contributed by atoms with Crippen LogP contribution in [-0.4, -0.2) is 59.7 Å². The summed E-state index contributed by atoms with van der Waals surface area (Å²) in [6.45, 7) is 5.68. The van der Waals surface area contributed by atoms with Crippen molar-refractivity contribution in [2.75, 3.05) is 38.5 Å². The molecule has 0 saturated carbocycles. The minimum atomic E-state index is 0.0670. The van der Waals surface area contributed by atoms with Gasteiger partial charge in [-0.15, -0.1) is 11.8 Å². The smallest absolute Gasteiger partial charge is 0.232 e. The van der Waals surface area contributed by atoms with E-state index in [2.05, 4.69) is 12.2 Å². The number of rotatable bonds is 10. The first-order chi connectivity index (χ1) is 9.77. The van der Waals surface area contributed by atoms with Crippen LogP contribution >= 0.6 is 11.8 Å². The van der Waals surface area contributed by atoms with Crippen LogP contribution in [0.25, 0.3) is 0 Å². The Kier molecular flexibility index (Phi) is 10.1. The Morgan fingerprint density at radius 3 is 2.65 bits per heavy atom. The molecule has 118 valence electrons. The van der Waals surface area contributed by atoms with Gasteiger partial charge in [-0.1, -0.05) is 26.2 Å². The molecule has 1 aliphatic rings. The quantitative estimate of drug-likeness (QED) is 0.605. The van der Waals surface area contributed by atoms with Crippen LogP contribution < -0.4 is 5.32 Å². The van der Waals surface area contributed by atoms with E-state index in [0.29, 0.717) is 17.5 Å². The zero-order valence-corrected chi connectivity index (χ0v) is 13.6. The third-order valence-corrected chi connectivity index (χ3v) is 5.09. The van der Waals surface area contributed by atoms with Gasteiger partial charge >= 0.3 is 0 Å². The molecule has 5 heteroatoms. The van der Waals surface area contributed by atoms with E-state index in [1.54, 1.807) is 11.8 Å². The van der Waals surface area contributed by atoms with E-state index in [-0.39, 0.29) is 12.5 Å². The summed E-state index contributed by atoms with van der Waals surface area (Å²) in [5.41, 5.74) is 0. The van der Waals surface area contributed by atoms with Gasteiger partial charge in [0.2, 0.25) is 5.91 Å². The Morgan fingerprint density at radius 1 is 1.25 bits per heavy atom. The zero-order chi connectivity index (χ0) is 14.6. The Morgan fingerprint density at radius 2 is 2.00 bits per heavy atom.